The summed E-state index contributed by atoms with van der Waals surface area (Å²) in [5.74, 6) is 3.17. The third-order valence-electron chi connectivity index (χ3n) is 9.69. The molecule has 4 heteroatoms. The van der Waals surface area contributed by atoms with Gasteiger partial charge in [0, 0.05) is 38.5 Å². The number of carbonyl (C=O) groups is 2. The van der Waals surface area contributed by atoms with Gasteiger partial charge in [-0.1, -0.05) is 19.4 Å². The fourth-order valence-corrected chi connectivity index (χ4v) is 8.07. The zero-order valence-electron chi connectivity index (χ0n) is 17.6. The molecule has 1 heterocycles. The van der Waals surface area contributed by atoms with Gasteiger partial charge in [0.1, 0.15) is 0 Å². The average molecular weight is 385 g/mol. The van der Waals surface area contributed by atoms with E-state index in [9.17, 15) is 9.59 Å². The van der Waals surface area contributed by atoms with Crippen molar-refractivity contribution in [1.29, 1.82) is 0 Å². The van der Waals surface area contributed by atoms with Gasteiger partial charge in [-0.15, -0.1) is 0 Å². The highest BCUT2D eigenvalue weighted by atomic mass is 16.2. The van der Waals surface area contributed by atoms with E-state index >= 15 is 0 Å². The fraction of sp³-hybridized carbons (Fsp3) is 0.833. The van der Waals surface area contributed by atoms with E-state index in [2.05, 4.69) is 24.1 Å². The molecule has 3 saturated carbocycles. The minimum absolute atomic E-state index is 0.186. The average Bonchev–Trinajstić information content (AvgIpc) is 3.06. The number of piperazine rings is 1. The summed E-state index contributed by atoms with van der Waals surface area (Å²) in [6, 6.07) is 0. The van der Waals surface area contributed by atoms with Crippen LogP contribution in [0.3, 0.4) is 0 Å². The lowest BCUT2D eigenvalue weighted by atomic mass is 9.47. The maximum atomic E-state index is 13.4. The van der Waals surface area contributed by atoms with Crippen LogP contribution in [0, 0.1) is 34.5 Å². The topological polar surface area (TPSA) is 49.4 Å². The van der Waals surface area contributed by atoms with Crippen molar-refractivity contribution in [3.63, 3.8) is 0 Å². The smallest absolute Gasteiger partial charge is 0.226 e. The van der Waals surface area contributed by atoms with Gasteiger partial charge in [0.2, 0.25) is 5.91 Å². The molecule has 4 aliphatic carbocycles. The predicted molar refractivity (Wildman–Crippen MR) is 110 cm³/mol. The molecule has 1 amide bonds. The second-order valence-electron chi connectivity index (χ2n) is 10.7. The molecule has 0 aromatic carbocycles. The summed E-state index contributed by atoms with van der Waals surface area (Å²) in [4.78, 5) is 27.5. The second-order valence-corrected chi connectivity index (χ2v) is 10.7. The summed E-state index contributed by atoms with van der Waals surface area (Å²) in [6.07, 6.45) is 10.9. The minimum Gasteiger partial charge on any atom is -0.340 e. The lowest BCUT2D eigenvalue weighted by Gasteiger charge is -2.58. The van der Waals surface area contributed by atoms with Crippen LogP contribution in [0.5, 0.6) is 0 Å². The molecule has 5 aliphatic rings. The molecule has 0 aromatic heterocycles. The zero-order chi connectivity index (χ0) is 19.5. The van der Waals surface area contributed by atoms with Crippen molar-refractivity contribution in [1.82, 2.24) is 10.2 Å². The Labute approximate surface area is 169 Å². The number of rotatable bonds is 1. The molecule has 154 valence electrons. The minimum atomic E-state index is 0.186. The van der Waals surface area contributed by atoms with E-state index in [1.165, 1.54) is 31.3 Å². The summed E-state index contributed by atoms with van der Waals surface area (Å²) in [6.45, 7) is 8.53. The number of ketones is 1. The number of carbonyl (C=O) groups excluding carboxylic acids is 2. The van der Waals surface area contributed by atoms with Crippen LogP contribution in [0.2, 0.25) is 0 Å². The Morgan fingerprint density at radius 2 is 1.82 bits per heavy atom. The Hall–Kier alpha value is -1.16. The van der Waals surface area contributed by atoms with Gasteiger partial charge >= 0.3 is 0 Å². The van der Waals surface area contributed by atoms with E-state index in [4.69, 9.17) is 0 Å². The van der Waals surface area contributed by atoms with Gasteiger partial charge in [-0.2, -0.15) is 0 Å². The van der Waals surface area contributed by atoms with Crippen molar-refractivity contribution in [2.75, 3.05) is 26.2 Å². The highest BCUT2D eigenvalue weighted by molar-refractivity contribution is 5.91. The monoisotopic (exact) mass is 384 g/mol. The Kier molecular flexibility index (Phi) is 4.50. The quantitative estimate of drug-likeness (QED) is 0.752. The lowest BCUT2D eigenvalue weighted by Crippen LogP contribution is -2.54. The first-order valence-electron chi connectivity index (χ1n) is 11.7. The molecule has 6 atom stereocenters. The van der Waals surface area contributed by atoms with Gasteiger partial charge in [0.15, 0.2) is 5.78 Å². The second kappa shape index (κ2) is 6.68. The molecule has 4 nitrogen and oxygen atoms in total. The molecule has 4 fully saturated rings. The molecule has 0 bridgehead atoms. The first-order valence-corrected chi connectivity index (χ1v) is 11.7. The Morgan fingerprint density at radius 3 is 2.61 bits per heavy atom. The van der Waals surface area contributed by atoms with E-state index in [-0.39, 0.29) is 16.7 Å². The van der Waals surface area contributed by atoms with Crippen molar-refractivity contribution >= 4 is 11.7 Å². The molecule has 1 N–H and O–H groups in total. The third-order valence-corrected chi connectivity index (χ3v) is 9.69. The summed E-state index contributed by atoms with van der Waals surface area (Å²) >= 11 is 0. The lowest BCUT2D eigenvalue weighted by molar-refractivity contribution is -0.143. The maximum Gasteiger partial charge on any atom is 0.226 e. The highest BCUT2D eigenvalue weighted by Crippen LogP contribution is 2.66. The van der Waals surface area contributed by atoms with E-state index in [0.717, 1.165) is 57.8 Å². The third kappa shape index (κ3) is 2.66. The van der Waals surface area contributed by atoms with Crippen LogP contribution in [0.15, 0.2) is 11.6 Å². The molecule has 1 saturated heterocycles. The molecule has 0 spiro atoms. The maximum absolute atomic E-state index is 13.4. The molecular weight excluding hydrogens is 348 g/mol. The standard InChI is InChI=1S/C24H36N2O2/c1-23-9-7-17(27)15-16(23)3-4-18-19-5-6-21(24(19,2)10-8-20(18)23)22(28)26-13-11-25-12-14-26/h15,18-21,25H,3-14H2,1-2H3. The number of hydrogen-bond acceptors (Lipinski definition) is 3. The number of fused-ring (bicyclic) bond motifs is 5. The van der Waals surface area contributed by atoms with Gasteiger partial charge in [-0.25, -0.2) is 0 Å². The zero-order valence-corrected chi connectivity index (χ0v) is 17.6. The molecule has 28 heavy (non-hydrogen) atoms. The molecule has 6 unspecified atom stereocenters. The molecule has 5 rings (SSSR count). The van der Waals surface area contributed by atoms with Gasteiger partial charge in [0.25, 0.3) is 0 Å². The van der Waals surface area contributed by atoms with Crippen LogP contribution in [-0.4, -0.2) is 42.8 Å². The van der Waals surface area contributed by atoms with Crippen LogP contribution in [0.1, 0.15) is 65.2 Å². The summed E-state index contributed by atoms with van der Waals surface area (Å²) < 4.78 is 0. The Balaban J connectivity index is 1.39. The Bertz CT molecular complexity index is 709. The Morgan fingerprint density at radius 1 is 1.04 bits per heavy atom. The SMILES string of the molecule is CC12CCC(=O)C=C1CCC1C2CCC2(C)C(C(=O)N3CCNCC3)CCC12. The largest absolute Gasteiger partial charge is 0.340 e. The highest BCUT2D eigenvalue weighted by Gasteiger charge is 2.60. The van der Waals surface area contributed by atoms with Crippen molar-refractivity contribution in [3.05, 3.63) is 11.6 Å². The first-order chi connectivity index (χ1) is 13.4. The molecule has 0 radical (unpaired) electrons. The van der Waals surface area contributed by atoms with Crippen molar-refractivity contribution < 1.29 is 9.59 Å². The molecular formula is C24H36N2O2. The molecule has 0 aromatic rings. The van der Waals surface area contributed by atoms with Gasteiger partial charge in [0.05, 0.1) is 0 Å². The van der Waals surface area contributed by atoms with Crippen molar-refractivity contribution in [3.8, 4) is 0 Å². The molecule has 1 aliphatic heterocycles. The van der Waals surface area contributed by atoms with E-state index < -0.39 is 0 Å². The van der Waals surface area contributed by atoms with E-state index in [0.29, 0.717) is 23.5 Å². The van der Waals surface area contributed by atoms with Crippen LogP contribution in [0.25, 0.3) is 0 Å². The van der Waals surface area contributed by atoms with Crippen molar-refractivity contribution in [2.45, 2.75) is 65.2 Å². The van der Waals surface area contributed by atoms with Gasteiger partial charge < -0.3 is 10.2 Å². The summed E-state index contributed by atoms with van der Waals surface area (Å²) in [5, 5.41) is 3.37. The number of nitrogens with zero attached hydrogens (tertiary/aromatic N) is 1. The van der Waals surface area contributed by atoms with Crippen LogP contribution in [0.4, 0.5) is 0 Å². The summed E-state index contributed by atoms with van der Waals surface area (Å²) in [5.41, 5.74) is 1.87. The van der Waals surface area contributed by atoms with Crippen LogP contribution < -0.4 is 5.32 Å². The van der Waals surface area contributed by atoms with Crippen LogP contribution in [-0.2, 0) is 9.59 Å². The fourth-order valence-electron chi connectivity index (χ4n) is 8.07. The van der Waals surface area contributed by atoms with Gasteiger partial charge in [-0.05, 0) is 79.6 Å². The van der Waals surface area contributed by atoms with E-state index in [1.54, 1.807) is 0 Å². The van der Waals surface area contributed by atoms with Gasteiger partial charge in [-0.3, -0.25) is 9.59 Å². The normalized spacial score (nSPS) is 45.7. The van der Waals surface area contributed by atoms with E-state index in [1.807, 2.05) is 6.08 Å². The first kappa shape index (κ1) is 18.8. The number of amides is 1. The summed E-state index contributed by atoms with van der Waals surface area (Å²) in [7, 11) is 0. The van der Waals surface area contributed by atoms with Crippen LogP contribution >= 0.6 is 0 Å². The number of hydrogen-bond donors (Lipinski definition) is 1. The van der Waals surface area contributed by atoms with Crippen molar-refractivity contribution in [2.24, 2.45) is 34.5 Å². The number of allylic oxidation sites excluding steroid dienone is 1. The number of nitrogens with one attached hydrogen (secondary N) is 1. The predicted octanol–water partition coefficient (Wildman–Crippen LogP) is 3.57.